The molecule has 2 heterocycles. The Hall–Kier alpha value is -2.44. The van der Waals surface area contributed by atoms with Crippen molar-refractivity contribution in [3.05, 3.63) is 70.1 Å². The van der Waals surface area contributed by atoms with Gasteiger partial charge < -0.3 is 4.42 Å². The number of hydrogen-bond acceptors (Lipinski definition) is 4. The molecular formula is C20H24N4OS. The number of aromatic amines is 1. The predicted octanol–water partition coefficient (Wildman–Crippen LogP) is 4.88. The molecule has 0 fully saturated rings. The lowest BCUT2D eigenvalue weighted by atomic mass is 10.2. The van der Waals surface area contributed by atoms with Crippen molar-refractivity contribution in [2.75, 3.05) is 6.54 Å². The number of hydrogen-bond donors (Lipinski definition) is 1. The standard InChI is InChI=1S/C20H24N4OS/c1-3-13-23(14-17-7-5-4-6-8-17)15-24-20(26)21-19(22-24)12-11-18-10-9-16(2)25-18/h4-12H,3,13-15H2,1-2H3,(H,21,22,26)/b12-11+. The number of furan rings is 1. The van der Waals surface area contributed by atoms with Crippen molar-refractivity contribution in [1.29, 1.82) is 0 Å². The van der Waals surface area contributed by atoms with E-state index >= 15 is 0 Å². The molecule has 5 nitrogen and oxygen atoms in total. The van der Waals surface area contributed by atoms with Gasteiger partial charge in [-0.05, 0) is 62.0 Å². The first-order chi connectivity index (χ1) is 12.6. The van der Waals surface area contributed by atoms with Crippen LogP contribution in [0, 0.1) is 11.7 Å². The third-order valence-electron chi connectivity index (χ3n) is 3.99. The molecule has 0 radical (unpaired) electrons. The summed E-state index contributed by atoms with van der Waals surface area (Å²) in [7, 11) is 0. The number of nitrogens with zero attached hydrogens (tertiary/aromatic N) is 3. The summed E-state index contributed by atoms with van der Waals surface area (Å²) in [6.07, 6.45) is 4.85. The summed E-state index contributed by atoms with van der Waals surface area (Å²) < 4.78 is 7.99. The molecule has 1 aromatic carbocycles. The van der Waals surface area contributed by atoms with Crippen molar-refractivity contribution in [2.45, 2.75) is 33.5 Å². The monoisotopic (exact) mass is 368 g/mol. The normalized spacial score (nSPS) is 11.7. The maximum absolute atomic E-state index is 5.54. The fourth-order valence-corrected chi connectivity index (χ4v) is 3.01. The molecule has 0 aliphatic heterocycles. The number of H-pyrrole nitrogens is 1. The molecule has 2 aromatic heterocycles. The molecule has 0 atom stereocenters. The molecule has 0 aliphatic rings. The van der Waals surface area contributed by atoms with Gasteiger partial charge in [0.05, 0.1) is 6.67 Å². The van der Waals surface area contributed by atoms with Crippen LogP contribution in [0.15, 0.2) is 46.9 Å². The highest BCUT2D eigenvalue weighted by Gasteiger charge is 2.08. The summed E-state index contributed by atoms with van der Waals surface area (Å²) in [5.74, 6) is 2.41. The number of benzene rings is 1. The summed E-state index contributed by atoms with van der Waals surface area (Å²) in [4.78, 5) is 6.77. The van der Waals surface area contributed by atoms with Crippen molar-refractivity contribution < 1.29 is 4.42 Å². The largest absolute Gasteiger partial charge is 0.462 e. The van der Waals surface area contributed by atoms with Crippen LogP contribution in [0.2, 0.25) is 0 Å². The van der Waals surface area contributed by atoms with Gasteiger partial charge in [-0.2, -0.15) is 4.98 Å². The van der Waals surface area contributed by atoms with E-state index in [-0.39, 0.29) is 0 Å². The van der Waals surface area contributed by atoms with Gasteiger partial charge >= 0.3 is 0 Å². The van der Waals surface area contributed by atoms with Gasteiger partial charge in [-0.3, -0.25) is 10.00 Å². The quantitative estimate of drug-likeness (QED) is 0.576. The zero-order valence-corrected chi connectivity index (χ0v) is 16.0. The smallest absolute Gasteiger partial charge is 0.217 e. The van der Waals surface area contributed by atoms with Crippen LogP contribution in [0.4, 0.5) is 0 Å². The van der Waals surface area contributed by atoms with E-state index in [0.29, 0.717) is 11.4 Å². The summed E-state index contributed by atoms with van der Waals surface area (Å²) in [6.45, 7) is 6.67. The van der Waals surface area contributed by atoms with E-state index in [1.165, 1.54) is 5.56 Å². The molecule has 0 bridgehead atoms. The second-order valence-electron chi connectivity index (χ2n) is 6.28. The summed E-state index contributed by atoms with van der Waals surface area (Å²) >= 11 is 5.41. The Labute approximate surface area is 159 Å². The van der Waals surface area contributed by atoms with Crippen LogP contribution in [0.25, 0.3) is 12.2 Å². The minimum absolute atomic E-state index is 0.550. The summed E-state index contributed by atoms with van der Waals surface area (Å²) in [5.41, 5.74) is 1.29. The lowest BCUT2D eigenvalue weighted by Gasteiger charge is -2.21. The fourth-order valence-electron chi connectivity index (χ4n) is 2.81. The molecule has 0 spiro atoms. The zero-order chi connectivity index (χ0) is 18.4. The van der Waals surface area contributed by atoms with Crippen molar-refractivity contribution in [2.24, 2.45) is 0 Å². The Morgan fingerprint density at radius 3 is 2.69 bits per heavy atom. The molecular weight excluding hydrogens is 344 g/mol. The molecule has 26 heavy (non-hydrogen) atoms. The Bertz CT molecular complexity index is 907. The predicted molar refractivity (Wildman–Crippen MR) is 107 cm³/mol. The first-order valence-electron chi connectivity index (χ1n) is 8.81. The number of aromatic nitrogens is 3. The molecule has 0 aliphatic carbocycles. The number of aryl methyl sites for hydroxylation is 1. The van der Waals surface area contributed by atoms with Crippen molar-refractivity contribution in [1.82, 2.24) is 19.7 Å². The Balaban J connectivity index is 1.70. The van der Waals surface area contributed by atoms with E-state index in [4.69, 9.17) is 16.6 Å². The highest BCUT2D eigenvalue weighted by atomic mass is 32.1. The van der Waals surface area contributed by atoms with Crippen LogP contribution in [-0.2, 0) is 13.2 Å². The van der Waals surface area contributed by atoms with Crippen molar-refractivity contribution >= 4 is 24.4 Å². The molecule has 3 rings (SSSR count). The SMILES string of the molecule is CCCN(Cc1ccccc1)Cn1[nH]c(/C=C/c2ccc(C)o2)nc1=S. The van der Waals surface area contributed by atoms with Crippen LogP contribution in [0.1, 0.15) is 36.3 Å². The van der Waals surface area contributed by atoms with Crippen LogP contribution in [-0.4, -0.2) is 26.2 Å². The molecule has 6 heteroatoms. The molecule has 136 valence electrons. The highest BCUT2D eigenvalue weighted by molar-refractivity contribution is 7.71. The van der Waals surface area contributed by atoms with Gasteiger partial charge in [-0.15, -0.1) is 0 Å². The van der Waals surface area contributed by atoms with E-state index in [0.717, 1.165) is 36.9 Å². The molecule has 1 N–H and O–H groups in total. The second-order valence-corrected chi connectivity index (χ2v) is 6.65. The van der Waals surface area contributed by atoms with Crippen molar-refractivity contribution in [3.8, 4) is 0 Å². The van der Waals surface area contributed by atoms with E-state index in [9.17, 15) is 0 Å². The topological polar surface area (TPSA) is 50.0 Å². The molecule has 3 aromatic rings. The average Bonchev–Trinajstić information content (AvgIpc) is 3.20. The van der Waals surface area contributed by atoms with Crippen LogP contribution < -0.4 is 0 Å². The first kappa shape index (κ1) is 18.4. The molecule has 0 unspecified atom stereocenters. The van der Waals surface area contributed by atoms with Gasteiger partial charge in [0.1, 0.15) is 17.3 Å². The number of nitrogens with one attached hydrogen (secondary N) is 1. The van der Waals surface area contributed by atoms with E-state index in [2.05, 4.69) is 46.2 Å². The molecule has 0 saturated carbocycles. The average molecular weight is 369 g/mol. The van der Waals surface area contributed by atoms with Gasteiger partial charge in [0, 0.05) is 6.54 Å². The second kappa shape index (κ2) is 8.78. The Morgan fingerprint density at radius 1 is 1.19 bits per heavy atom. The Morgan fingerprint density at radius 2 is 2.00 bits per heavy atom. The van der Waals surface area contributed by atoms with E-state index in [1.54, 1.807) is 0 Å². The van der Waals surface area contributed by atoms with Gasteiger partial charge in [0.2, 0.25) is 4.77 Å². The van der Waals surface area contributed by atoms with E-state index < -0.39 is 0 Å². The Kier molecular flexibility index (Phi) is 6.20. The van der Waals surface area contributed by atoms with Gasteiger partial charge in [-0.1, -0.05) is 37.3 Å². The van der Waals surface area contributed by atoms with Crippen LogP contribution >= 0.6 is 12.2 Å². The summed E-state index contributed by atoms with van der Waals surface area (Å²) in [5, 5.41) is 3.26. The molecule has 0 saturated heterocycles. The van der Waals surface area contributed by atoms with Gasteiger partial charge in [-0.25, -0.2) is 4.68 Å². The fraction of sp³-hybridized carbons (Fsp3) is 0.300. The lowest BCUT2D eigenvalue weighted by molar-refractivity contribution is 0.197. The van der Waals surface area contributed by atoms with Crippen LogP contribution in [0.3, 0.4) is 0 Å². The highest BCUT2D eigenvalue weighted by Crippen LogP contribution is 2.11. The molecule has 0 amide bonds. The maximum atomic E-state index is 5.54. The first-order valence-corrected chi connectivity index (χ1v) is 9.22. The minimum Gasteiger partial charge on any atom is -0.462 e. The van der Waals surface area contributed by atoms with Gasteiger partial charge in [0.25, 0.3) is 0 Å². The third-order valence-corrected chi connectivity index (χ3v) is 4.31. The zero-order valence-electron chi connectivity index (χ0n) is 15.2. The maximum Gasteiger partial charge on any atom is 0.217 e. The number of rotatable bonds is 8. The van der Waals surface area contributed by atoms with E-state index in [1.807, 2.05) is 42.0 Å². The minimum atomic E-state index is 0.550. The van der Waals surface area contributed by atoms with Gasteiger partial charge in [0.15, 0.2) is 0 Å². The third kappa shape index (κ3) is 5.03. The summed E-state index contributed by atoms with van der Waals surface area (Å²) in [6, 6.07) is 14.3. The van der Waals surface area contributed by atoms with Crippen LogP contribution in [0.5, 0.6) is 0 Å². The lowest BCUT2D eigenvalue weighted by Crippen LogP contribution is -2.27. The van der Waals surface area contributed by atoms with Crippen molar-refractivity contribution in [3.63, 3.8) is 0 Å².